The zero-order chi connectivity index (χ0) is 17.2. The third-order valence-electron chi connectivity index (χ3n) is 3.30. The Labute approximate surface area is 132 Å². The smallest absolute Gasteiger partial charge is 0.330 e. The fourth-order valence-corrected chi connectivity index (χ4v) is 3.66. The highest BCUT2D eigenvalue weighted by molar-refractivity contribution is 7.89. The van der Waals surface area contributed by atoms with Crippen LogP contribution in [0.2, 0.25) is 0 Å². The van der Waals surface area contributed by atoms with E-state index < -0.39 is 16.0 Å². The molecule has 6 heteroatoms. The normalized spacial score (nSPS) is 19.2. The van der Waals surface area contributed by atoms with Gasteiger partial charge in [0.1, 0.15) is 0 Å². The molecule has 0 radical (unpaired) electrons. The molecule has 2 rings (SSSR count). The average Bonchev–Trinajstić information content (AvgIpc) is 2.53. The maximum absolute atomic E-state index is 12.8. The van der Waals surface area contributed by atoms with Crippen molar-refractivity contribution in [1.82, 2.24) is 4.31 Å². The second kappa shape index (κ2) is 6.46. The maximum atomic E-state index is 12.8. The number of carbonyl (C=O) groups is 1. The van der Waals surface area contributed by atoms with Gasteiger partial charge in [0.2, 0.25) is 10.0 Å². The summed E-state index contributed by atoms with van der Waals surface area (Å²) >= 11 is 0. The summed E-state index contributed by atoms with van der Waals surface area (Å²) in [5, 5.41) is 0. The van der Waals surface area contributed by atoms with Crippen LogP contribution in [-0.2, 0) is 19.6 Å². The fourth-order valence-electron chi connectivity index (χ4n) is 2.20. The summed E-state index contributed by atoms with van der Waals surface area (Å²) < 4.78 is 39.1. The van der Waals surface area contributed by atoms with Gasteiger partial charge >= 0.3 is 5.97 Å². The van der Waals surface area contributed by atoms with Crippen molar-refractivity contribution in [2.24, 2.45) is 0 Å². The standard InChI is InChI=1S/C16H19NO4S/c1-12-4-6-15(7-5-12)22(19,20)17-10-13(2)8-14(11-17)9-16(18)21-3/h4-9H,10-11H2,1-3H3/b14-9+/i9D. The molecular formula is C16H19NO4S. The first kappa shape index (κ1) is 15.0. The Bertz CT molecular complexity index is 779. The van der Waals surface area contributed by atoms with E-state index in [1.54, 1.807) is 37.3 Å². The zero-order valence-electron chi connectivity index (χ0n) is 13.8. The first-order valence-corrected chi connectivity index (χ1v) is 8.21. The second-order valence-electron chi connectivity index (χ2n) is 5.22. The number of rotatable bonds is 3. The van der Waals surface area contributed by atoms with E-state index in [4.69, 9.17) is 1.37 Å². The number of esters is 1. The minimum atomic E-state index is -3.69. The van der Waals surface area contributed by atoms with E-state index in [9.17, 15) is 13.2 Å². The van der Waals surface area contributed by atoms with Crippen molar-refractivity contribution in [2.75, 3.05) is 20.2 Å². The van der Waals surface area contributed by atoms with Gasteiger partial charge in [0.15, 0.2) is 0 Å². The predicted octanol–water partition coefficient (Wildman–Crippen LogP) is 2.05. The number of sulfonamides is 1. The van der Waals surface area contributed by atoms with Gasteiger partial charge in [0, 0.05) is 19.1 Å². The zero-order valence-corrected chi connectivity index (χ0v) is 13.6. The molecular weight excluding hydrogens is 302 g/mol. The van der Waals surface area contributed by atoms with Gasteiger partial charge in [0.05, 0.1) is 13.4 Å². The second-order valence-corrected chi connectivity index (χ2v) is 7.16. The van der Waals surface area contributed by atoms with E-state index in [0.717, 1.165) is 11.1 Å². The van der Waals surface area contributed by atoms with Crippen LogP contribution < -0.4 is 0 Å². The van der Waals surface area contributed by atoms with Crippen LogP contribution in [0.25, 0.3) is 0 Å². The minimum Gasteiger partial charge on any atom is -0.466 e. The largest absolute Gasteiger partial charge is 0.466 e. The molecule has 0 aliphatic carbocycles. The number of hydrogen-bond acceptors (Lipinski definition) is 4. The van der Waals surface area contributed by atoms with Crippen LogP contribution in [0.15, 0.2) is 52.4 Å². The van der Waals surface area contributed by atoms with Crippen molar-refractivity contribution in [1.29, 1.82) is 0 Å². The van der Waals surface area contributed by atoms with Gasteiger partial charge in [-0.3, -0.25) is 0 Å². The number of benzene rings is 1. The van der Waals surface area contributed by atoms with Gasteiger partial charge in [-0.05, 0) is 31.6 Å². The molecule has 0 amide bonds. The van der Waals surface area contributed by atoms with E-state index >= 15 is 0 Å². The lowest BCUT2D eigenvalue weighted by molar-refractivity contribution is -0.134. The maximum Gasteiger partial charge on any atom is 0.330 e. The van der Waals surface area contributed by atoms with Gasteiger partial charge in [0.25, 0.3) is 0 Å². The van der Waals surface area contributed by atoms with Gasteiger partial charge in [-0.25, -0.2) is 13.2 Å². The van der Waals surface area contributed by atoms with Crippen LogP contribution in [0, 0.1) is 6.92 Å². The number of nitrogens with zero attached hydrogens (tertiary/aromatic N) is 1. The summed E-state index contributed by atoms with van der Waals surface area (Å²) in [6.45, 7) is 3.85. The first-order valence-electron chi connectivity index (χ1n) is 7.27. The molecule has 1 aromatic carbocycles. The molecule has 0 bridgehead atoms. The molecule has 5 nitrogen and oxygen atoms in total. The summed E-state index contributed by atoms with van der Waals surface area (Å²) in [4.78, 5) is 11.7. The van der Waals surface area contributed by atoms with Crippen molar-refractivity contribution >= 4 is 16.0 Å². The average molecular weight is 322 g/mol. The van der Waals surface area contributed by atoms with Crippen LogP contribution >= 0.6 is 0 Å². The lowest BCUT2D eigenvalue weighted by Gasteiger charge is -2.27. The lowest BCUT2D eigenvalue weighted by atomic mass is 10.1. The molecule has 1 aliphatic heterocycles. The van der Waals surface area contributed by atoms with Crippen molar-refractivity contribution in [3.8, 4) is 0 Å². The third kappa shape index (κ3) is 3.64. The molecule has 1 heterocycles. The highest BCUT2D eigenvalue weighted by atomic mass is 32.2. The molecule has 0 N–H and O–H groups in total. The predicted molar refractivity (Wildman–Crippen MR) is 83.8 cm³/mol. The number of ether oxygens (including phenoxy) is 1. The third-order valence-corrected chi connectivity index (χ3v) is 5.11. The molecule has 0 saturated heterocycles. The van der Waals surface area contributed by atoms with E-state index in [0.29, 0.717) is 5.57 Å². The topological polar surface area (TPSA) is 63.7 Å². The highest BCUT2D eigenvalue weighted by Gasteiger charge is 2.27. The number of aryl methyl sites for hydroxylation is 1. The minimum absolute atomic E-state index is 0.0263. The van der Waals surface area contributed by atoms with Crippen LogP contribution in [0.3, 0.4) is 0 Å². The van der Waals surface area contributed by atoms with Crippen molar-refractivity contribution in [2.45, 2.75) is 18.7 Å². The Hall–Kier alpha value is -1.92. The molecule has 0 aromatic heterocycles. The Kier molecular flexibility index (Phi) is 4.40. The van der Waals surface area contributed by atoms with Crippen LogP contribution in [0.5, 0.6) is 0 Å². The molecule has 0 saturated carbocycles. The number of methoxy groups -OCH3 is 1. The van der Waals surface area contributed by atoms with Crippen LogP contribution in [0.4, 0.5) is 0 Å². The van der Waals surface area contributed by atoms with Crippen LogP contribution in [0.1, 0.15) is 13.9 Å². The fraction of sp³-hybridized carbons (Fsp3) is 0.312. The number of hydrogen-bond donors (Lipinski definition) is 0. The van der Waals surface area contributed by atoms with Crippen LogP contribution in [-0.4, -0.2) is 38.9 Å². The molecule has 1 aromatic rings. The molecule has 0 unspecified atom stereocenters. The highest BCUT2D eigenvalue weighted by Crippen LogP contribution is 2.23. The lowest BCUT2D eigenvalue weighted by Crippen LogP contribution is -2.36. The molecule has 0 spiro atoms. The van der Waals surface area contributed by atoms with Crippen molar-refractivity contribution < 1.29 is 19.3 Å². The van der Waals surface area contributed by atoms with E-state index in [1.165, 1.54) is 11.4 Å². The Morgan fingerprint density at radius 3 is 2.50 bits per heavy atom. The molecule has 1 aliphatic rings. The van der Waals surface area contributed by atoms with Crippen molar-refractivity contribution in [3.63, 3.8) is 0 Å². The monoisotopic (exact) mass is 322 g/mol. The van der Waals surface area contributed by atoms with Gasteiger partial charge in [-0.1, -0.05) is 29.3 Å². The van der Waals surface area contributed by atoms with Gasteiger partial charge in [-0.15, -0.1) is 0 Å². The summed E-state index contributed by atoms with van der Waals surface area (Å²) in [5.41, 5.74) is 2.06. The summed E-state index contributed by atoms with van der Waals surface area (Å²) in [6.07, 6.45) is 1.67. The van der Waals surface area contributed by atoms with Gasteiger partial charge in [-0.2, -0.15) is 4.31 Å². The Balaban J connectivity index is 2.40. The SMILES string of the molecule is [2H]/C(C(=O)OC)=C1/C=C(C)CN(S(=O)(=O)c2ccc(C)cc2)C1. The first-order chi connectivity index (χ1) is 10.8. The molecule has 0 atom stereocenters. The Morgan fingerprint density at radius 1 is 1.27 bits per heavy atom. The quantitative estimate of drug-likeness (QED) is 0.631. The molecule has 118 valence electrons. The summed E-state index contributed by atoms with van der Waals surface area (Å²) in [5.74, 6) is -0.779. The van der Waals surface area contributed by atoms with Crippen molar-refractivity contribution in [3.05, 3.63) is 53.1 Å². The summed E-state index contributed by atoms with van der Waals surface area (Å²) in [7, 11) is -2.50. The molecule has 22 heavy (non-hydrogen) atoms. The summed E-state index contributed by atoms with van der Waals surface area (Å²) in [6, 6.07) is 6.27. The molecule has 0 fully saturated rings. The van der Waals surface area contributed by atoms with Gasteiger partial charge < -0.3 is 4.74 Å². The number of carbonyl (C=O) groups excluding carboxylic acids is 1. The van der Waals surface area contributed by atoms with E-state index in [2.05, 4.69) is 4.74 Å². The van der Waals surface area contributed by atoms with E-state index in [-0.39, 0.29) is 24.0 Å². The Morgan fingerprint density at radius 2 is 1.91 bits per heavy atom. The van der Waals surface area contributed by atoms with E-state index in [1.807, 2.05) is 6.92 Å².